The normalized spacial score (nSPS) is 10.9. The number of rotatable bonds is 8. The highest BCUT2D eigenvalue weighted by atomic mass is 16.5. The van der Waals surface area contributed by atoms with Gasteiger partial charge in [0.25, 0.3) is 0 Å². The first-order chi connectivity index (χ1) is 16.5. The van der Waals surface area contributed by atoms with Gasteiger partial charge >= 0.3 is 0 Å². The van der Waals surface area contributed by atoms with E-state index in [9.17, 15) is 4.79 Å². The van der Waals surface area contributed by atoms with Crippen molar-refractivity contribution in [2.45, 2.75) is 6.92 Å². The molecule has 0 aliphatic rings. The van der Waals surface area contributed by atoms with E-state index in [0.29, 0.717) is 17.1 Å². The lowest BCUT2D eigenvalue weighted by Gasteiger charge is -2.10. The Kier molecular flexibility index (Phi) is 6.78. The summed E-state index contributed by atoms with van der Waals surface area (Å²) in [5.74, 6) is 1.71. The van der Waals surface area contributed by atoms with Gasteiger partial charge in [-0.25, -0.2) is 4.68 Å². The Hall–Kier alpha value is -4.32. The van der Waals surface area contributed by atoms with Gasteiger partial charge in [-0.3, -0.25) is 4.79 Å². The summed E-state index contributed by atoms with van der Waals surface area (Å²) in [7, 11) is 4.75. The predicted molar refractivity (Wildman–Crippen MR) is 133 cm³/mol. The van der Waals surface area contributed by atoms with Crippen molar-refractivity contribution < 1.29 is 19.0 Å². The fraction of sp³-hybridized carbons (Fsp3) is 0.143. The quantitative estimate of drug-likeness (QED) is 0.250. The largest absolute Gasteiger partial charge is 0.497 e. The summed E-state index contributed by atoms with van der Waals surface area (Å²) in [4.78, 5) is 13.0. The molecule has 0 bridgehead atoms. The average Bonchev–Trinajstić information content (AvgIpc) is 3.23. The highest BCUT2D eigenvalue weighted by Crippen LogP contribution is 2.32. The van der Waals surface area contributed by atoms with Crippen molar-refractivity contribution in [3.63, 3.8) is 0 Å². The van der Waals surface area contributed by atoms with Crippen LogP contribution in [0.2, 0.25) is 0 Å². The van der Waals surface area contributed by atoms with Crippen molar-refractivity contribution in [2.75, 3.05) is 21.3 Å². The first kappa shape index (κ1) is 22.9. The predicted octanol–water partition coefficient (Wildman–Crippen LogP) is 5.77. The number of ether oxygens (including phenoxy) is 3. The van der Waals surface area contributed by atoms with Crippen LogP contribution in [-0.4, -0.2) is 36.9 Å². The van der Waals surface area contributed by atoms with Crippen LogP contribution in [0, 0.1) is 6.92 Å². The Labute approximate surface area is 199 Å². The van der Waals surface area contributed by atoms with Crippen LogP contribution in [0.15, 0.2) is 78.9 Å². The molecule has 34 heavy (non-hydrogen) atoms. The van der Waals surface area contributed by atoms with Gasteiger partial charge in [0.05, 0.1) is 38.4 Å². The van der Waals surface area contributed by atoms with E-state index in [1.807, 2.05) is 72.3 Å². The molecule has 0 atom stereocenters. The fourth-order valence-corrected chi connectivity index (χ4v) is 3.77. The van der Waals surface area contributed by atoms with E-state index in [1.54, 1.807) is 45.6 Å². The maximum Gasteiger partial charge on any atom is 0.185 e. The minimum absolute atomic E-state index is 0.145. The van der Waals surface area contributed by atoms with E-state index in [0.717, 1.165) is 34.0 Å². The monoisotopic (exact) mass is 454 g/mol. The van der Waals surface area contributed by atoms with Gasteiger partial charge in [-0.15, -0.1) is 0 Å². The Balaban J connectivity index is 1.77. The number of ketones is 1. The summed E-state index contributed by atoms with van der Waals surface area (Å²) >= 11 is 0. The Morgan fingerprint density at radius 1 is 0.853 bits per heavy atom. The van der Waals surface area contributed by atoms with E-state index < -0.39 is 0 Å². The van der Waals surface area contributed by atoms with Crippen LogP contribution < -0.4 is 14.2 Å². The summed E-state index contributed by atoms with van der Waals surface area (Å²) in [6, 6.07) is 22.8. The lowest BCUT2D eigenvalue weighted by atomic mass is 10.0. The third kappa shape index (κ3) is 4.57. The van der Waals surface area contributed by atoms with E-state index in [1.165, 1.54) is 0 Å². The van der Waals surface area contributed by atoms with Gasteiger partial charge in [0, 0.05) is 16.7 Å². The smallest absolute Gasteiger partial charge is 0.185 e. The van der Waals surface area contributed by atoms with Gasteiger partial charge in [0.1, 0.15) is 5.75 Å². The Bertz CT molecular complexity index is 1320. The second-order valence-electron chi connectivity index (χ2n) is 7.59. The molecule has 3 aromatic carbocycles. The SMILES string of the molecule is COc1ccc(-c2c(/C=C/C(=O)c3ccc(OC)c(OC)c3)c(C)nn2-c2ccccc2)cc1. The molecule has 6 nitrogen and oxygen atoms in total. The van der Waals surface area contributed by atoms with Gasteiger partial charge in [0.15, 0.2) is 17.3 Å². The second kappa shape index (κ2) is 10.1. The van der Waals surface area contributed by atoms with Crippen molar-refractivity contribution >= 4 is 11.9 Å². The minimum atomic E-state index is -0.145. The lowest BCUT2D eigenvalue weighted by molar-refractivity contribution is 0.104. The lowest BCUT2D eigenvalue weighted by Crippen LogP contribution is -1.99. The van der Waals surface area contributed by atoms with Crippen molar-refractivity contribution in [2.24, 2.45) is 0 Å². The van der Waals surface area contributed by atoms with E-state index in [-0.39, 0.29) is 5.78 Å². The number of para-hydroxylation sites is 1. The summed E-state index contributed by atoms with van der Waals surface area (Å²) in [6.45, 7) is 1.94. The van der Waals surface area contributed by atoms with Gasteiger partial charge in [0.2, 0.25) is 0 Å². The van der Waals surface area contributed by atoms with Crippen LogP contribution >= 0.6 is 0 Å². The molecular weight excluding hydrogens is 428 g/mol. The number of nitrogens with zero attached hydrogens (tertiary/aromatic N) is 2. The molecular formula is C28H26N2O4. The molecule has 1 aromatic heterocycles. The summed E-state index contributed by atoms with van der Waals surface area (Å²) in [5.41, 5.74) is 4.97. The van der Waals surface area contributed by atoms with Gasteiger partial charge in [-0.05, 0) is 73.7 Å². The van der Waals surface area contributed by atoms with Gasteiger partial charge < -0.3 is 14.2 Å². The summed E-state index contributed by atoms with van der Waals surface area (Å²) in [6.07, 6.45) is 3.38. The van der Waals surface area contributed by atoms with Crippen molar-refractivity contribution in [1.82, 2.24) is 9.78 Å². The van der Waals surface area contributed by atoms with E-state index in [2.05, 4.69) is 0 Å². The van der Waals surface area contributed by atoms with Crippen molar-refractivity contribution in [3.05, 3.63) is 95.7 Å². The minimum Gasteiger partial charge on any atom is -0.497 e. The molecule has 0 aliphatic carbocycles. The van der Waals surface area contributed by atoms with Crippen LogP contribution in [0.25, 0.3) is 23.0 Å². The molecule has 0 spiro atoms. The zero-order chi connectivity index (χ0) is 24.1. The fourth-order valence-electron chi connectivity index (χ4n) is 3.77. The molecule has 4 aromatic rings. The summed E-state index contributed by atoms with van der Waals surface area (Å²) < 4.78 is 17.8. The number of hydrogen-bond acceptors (Lipinski definition) is 5. The summed E-state index contributed by atoms with van der Waals surface area (Å²) in [5, 5.41) is 4.79. The Morgan fingerprint density at radius 2 is 1.56 bits per heavy atom. The molecule has 0 N–H and O–H groups in total. The average molecular weight is 455 g/mol. The van der Waals surface area contributed by atoms with Crippen LogP contribution in [0.4, 0.5) is 0 Å². The standard InChI is InChI=1S/C28H26N2O4/c1-19-24(15-16-25(31)21-12-17-26(33-3)27(18-21)34-4)28(20-10-13-23(32-2)14-11-20)30(29-19)22-8-6-5-7-9-22/h5-18H,1-4H3/b16-15+. The highest BCUT2D eigenvalue weighted by molar-refractivity contribution is 6.07. The van der Waals surface area contributed by atoms with Gasteiger partial charge in [-0.1, -0.05) is 18.2 Å². The molecule has 0 radical (unpaired) electrons. The number of methoxy groups -OCH3 is 3. The van der Waals surface area contributed by atoms with Crippen molar-refractivity contribution in [1.29, 1.82) is 0 Å². The number of benzene rings is 3. The molecule has 0 amide bonds. The first-order valence-electron chi connectivity index (χ1n) is 10.8. The van der Waals surface area contributed by atoms with Crippen LogP contribution in [0.1, 0.15) is 21.6 Å². The second-order valence-corrected chi connectivity index (χ2v) is 7.59. The maximum atomic E-state index is 13.0. The first-order valence-corrected chi connectivity index (χ1v) is 10.8. The van der Waals surface area contributed by atoms with E-state index >= 15 is 0 Å². The number of carbonyl (C=O) groups excluding carboxylic acids is 1. The zero-order valence-electron chi connectivity index (χ0n) is 19.6. The molecule has 0 aliphatic heterocycles. The third-order valence-corrected chi connectivity index (χ3v) is 5.54. The molecule has 4 rings (SSSR count). The topological polar surface area (TPSA) is 62.6 Å². The molecule has 0 unspecified atom stereocenters. The van der Waals surface area contributed by atoms with Crippen molar-refractivity contribution in [3.8, 4) is 34.2 Å². The van der Waals surface area contributed by atoms with Crippen LogP contribution in [0.5, 0.6) is 17.2 Å². The molecule has 0 saturated carbocycles. The molecule has 0 fully saturated rings. The van der Waals surface area contributed by atoms with Gasteiger partial charge in [-0.2, -0.15) is 5.10 Å². The number of allylic oxidation sites excluding steroid dienone is 1. The van der Waals surface area contributed by atoms with Crippen LogP contribution in [0.3, 0.4) is 0 Å². The number of carbonyl (C=O) groups is 1. The van der Waals surface area contributed by atoms with Crippen LogP contribution in [-0.2, 0) is 0 Å². The number of hydrogen-bond donors (Lipinski definition) is 0. The number of aromatic nitrogens is 2. The Morgan fingerprint density at radius 3 is 2.21 bits per heavy atom. The molecule has 6 heteroatoms. The zero-order valence-corrected chi connectivity index (χ0v) is 19.6. The molecule has 0 saturated heterocycles. The molecule has 172 valence electrons. The highest BCUT2D eigenvalue weighted by Gasteiger charge is 2.17. The third-order valence-electron chi connectivity index (χ3n) is 5.54. The number of aryl methyl sites for hydroxylation is 1. The molecule has 1 heterocycles. The maximum absolute atomic E-state index is 13.0. The van der Waals surface area contributed by atoms with E-state index in [4.69, 9.17) is 19.3 Å².